The molecule has 0 unspecified atom stereocenters. The van der Waals surface area contributed by atoms with Gasteiger partial charge >= 0.3 is 0 Å². The summed E-state index contributed by atoms with van der Waals surface area (Å²) in [4.78, 5) is 8.73. The Morgan fingerprint density at radius 3 is 2.38 bits per heavy atom. The summed E-state index contributed by atoms with van der Waals surface area (Å²) < 4.78 is 42.6. The lowest BCUT2D eigenvalue weighted by Crippen LogP contribution is -2.50. The number of aryl methyl sites for hydroxylation is 1. The molecule has 0 spiro atoms. The molecule has 1 saturated heterocycles. The molecule has 1 N–H and O–H groups in total. The minimum atomic E-state index is -3.64. The van der Waals surface area contributed by atoms with Crippen molar-refractivity contribution in [1.29, 1.82) is 0 Å². The van der Waals surface area contributed by atoms with Crippen LogP contribution in [0, 0.1) is 12.7 Å². The molecule has 0 aliphatic carbocycles. The summed E-state index contributed by atoms with van der Waals surface area (Å²) in [5, 5.41) is 0. The van der Waals surface area contributed by atoms with E-state index in [1.807, 2.05) is 30.0 Å². The monoisotopic (exact) mass is 454 g/mol. The maximum absolute atomic E-state index is 14.2. The number of anilines is 1. The summed E-state index contributed by atoms with van der Waals surface area (Å²) in [6, 6.07) is 17.2. The van der Waals surface area contributed by atoms with Gasteiger partial charge in [0.15, 0.2) is 0 Å². The third kappa shape index (κ3) is 5.15. The van der Waals surface area contributed by atoms with Crippen molar-refractivity contribution in [1.82, 2.24) is 14.6 Å². The van der Waals surface area contributed by atoms with E-state index in [0.717, 1.165) is 11.1 Å². The molecular weight excluding hydrogens is 427 g/mol. The first-order chi connectivity index (χ1) is 15.4. The molecule has 2 heterocycles. The summed E-state index contributed by atoms with van der Waals surface area (Å²) in [6.07, 6.45) is 3.47. The van der Waals surface area contributed by atoms with Crippen LogP contribution in [0.4, 0.5) is 10.1 Å². The van der Waals surface area contributed by atoms with Crippen LogP contribution < -0.4 is 9.62 Å². The van der Waals surface area contributed by atoms with Crippen molar-refractivity contribution in [2.45, 2.75) is 17.9 Å². The standard InChI is InChI=1S/C24H27FN4O2S/c1-19-8-10-21(11-9-19)32(30,31)27-18-24(20-5-4-12-26-17-20)29-15-13-28(14-16-29)23-7-3-2-6-22(23)25/h2-12,17,24,27H,13-16,18H2,1H3/t24-/m1/s1. The minimum Gasteiger partial charge on any atom is -0.367 e. The Labute approximate surface area is 188 Å². The molecule has 0 bridgehead atoms. The molecule has 6 nitrogen and oxygen atoms in total. The number of benzene rings is 2. The second-order valence-corrected chi connectivity index (χ2v) is 9.71. The van der Waals surface area contributed by atoms with Gasteiger partial charge in [-0.15, -0.1) is 0 Å². The first kappa shape index (κ1) is 22.4. The molecule has 0 amide bonds. The molecule has 8 heteroatoms. The van der Waals surface area contributed by atoms with Crippen molar-refractivity contribution in [3.63, 3.8) is 0 Å². The van der Waals surface area contributed by atoms with E-state index in [4.69, 9.17) is 0 Å². The van der Waals surface area contributed by atoms with Crippen molar-refractivity contribution >= 4 is 15.7 Å². The van der Waals surface area contributed by atoms with Crippen molar-refractivity contribution in [2.75, 3.05) is 37.6 Å². The number of para-hydroxylation sites is 1. The molecule has 1 fully saturated rings. The molecule has 1 aromatic heterocycles. The zero-order valence-corrected chi connectivity index (χ0v) is 18.8. The highest BCUT2D eigenvalue weighted by atomic mass is 32.2. The third-order valence-corrected chi connectivity index (χ3v) is 7.25. The van der Waals surface area contributed by atoms with E-state index in [1.165, 1.54) is 6.07 Å². The Hall–Kier alpha value is -2.81. The lowest BCUT2D eigenvalue weighted by Gasteiger charge is -2.40. The van der Waals surface area contributed by atoms with Gasteiger partial charge in [0.25, 0.3) is 0 Å². The number of nitrogens with one attached hydrogen (secondary N) is 1. The fraction of sp³-hybridized carbons (Fsp3) is 0.292. The fourth-order valence-electron chi connectivity index (χ4n) is 4.00. The molecule has 0 saturated carbocycles. The summed E-state index contributed by atoms with van der Waals surface area (Å²) in [5.74, 6) is -0.226. The van der Waals surface area contributed by atoms with Crippen LogP contribution in [0.25, 0.3) is 0 Å². The van der Waals surface area contributed by atoms with E-state index >= 15 is 0 Å². The molecule has 0 radical (unpaired) electrons. The molecule has 4 rings (SSSR count). The molecular formula is C24H27FN4O2S. The molecule has 168 valence electrons. The normalized spacial score (nSPS) is 16.1. The summed E-state index contributed by atoms with van der Waals surface area (Å²) in [6.45, 7) is 4.82. The van der Waals surface area contributed by atoms with Crippen molar-refractivity contribution in [2.24, 2.45) is 0 Å². The van der Waals surface area contributed by atoms with Crippen molar-refractivity contribution in [3.8, 4) is 0 Å². The smallest absolute Gasteiger partial charge is 0.240 e. The molecule has 1 aliphatic rings. The van der Waals surface area contributed by atoms with E-state index in [0.29, 0.717) is 31.9 Å². The number of hydrogen-bond acceptors (Lipinski definition) is 5. The number of rotatable bonds is 7. The van der Waals surface area contributed by atoms with Gasteiger partial charge in [0.1, 0.15) is 5.82 Å². The molecule has 2 aromatic carbocycles. The Bertz CT molecular complexity index is 1130. The first-order valence-electron chi connectivity index (χ1n) is 10.6. The first-order valence-corrected chi connectivity index (χ1v) is 12.1. The highest BCUT2D eigenvalue weighted by molar-refractivity contribution is 7.89. The second-order valence-electron chi connectivity index (χ2n) is 7.94. The molecule has 3 aromatic rings. The minimum absolute atomic E-state index is 0.174. The Morgan fingerprint density at radius 1 is 1.00 bits per heavy atom. The lowest BCUT2D eigenvalue weighted by atomic mass is 10.1. The molecule has 1 atom stereocenters. The van der Waals surface area contributed by atoms with Crippen molar-refractivity contribution < 1.29 is 12.8 Å². The predicted octanol–water partition coefficient (Wildman–Crippen LogP) is 3.37. The van der Waals surface area contributed by atoms with Crippen LogP contribution in [0.3, 0.4) is 0 Å². The van der Waals surface area contributed by atoms with Crippen molar-refractivity contribution in [3.05, 3.63) is 90.0 Å². The largest absolute Gasteiger partial charge is 0.367 e. The van der Waals surface area contributed by atoms with E-state index in [-0.39, 0.29) is 23.3 Å². The van der Waals surface area contributed by atoms with Gasteiger partial charge in [0.05, 0.1) is 16.6 Å². The van der Waals surface area contributed by atoms with E-state index in [2.05, 4.69) is 14.6 Å². The van der Waals surface area contributed by atoms with Gasteiger partial charge in [-0.25, -0.2) is 17.5 Å². The Morgan fingerprint density at radius 2 is 1.72 bits per heavy atom. The number of sulfonamides is 1. The van der Waals surface area contributed by atoms with E-state index in [1.54, 1.807) is 48.8 Å². The van der Waals surface area contributed by atoms with Crippen LogP contribution in [0.2, 0.25) is 0 Å². The highest BCUT2D eigenvalue weighted by Crippen LogP contribution is 2.25. The zero-order chi connectivity index (χ0) is 22.6. The number of pyridine rings is 1. The summed E-state index contributed by atoms with van der Waals surface area (Å²) >= 11 is 0. The van der Waals surface area contributed by atoms with E-state index < -0.39 is 10.0 Å². The van der Waals surface area contributed by atoms with Crippen LogP contribution in [0.1, 0.15) is 17.2 Å². The SMILES string of the molecule is Cc1ccc(S(=O)(=O)NC[C@H](c2cccnc2)N2CCN(c3ccccc3F)CC2)cc1. The lowest BCUT2D eigenvalue weighted by molar-refractivity contribution is 0.186. The number of nitrogens with zero attached hydrogens (tertiary/aromatic N) is 3. The Balaban J connectivity index is 1.48. The average Bonchev–Trinajstić information content (AvgIpc) is 2.81. The van der Waals surface area contributed by atoms with Crippen LogP contribution in [-0.4, -0.2) is 51.0 Å². The van der Waals surface area contributed by atoms with Gasteiger partial charge in [0.2, 0.25) is 10.0 Å². The summed E-state index contributed by atoms with van der Waals surface area (Å²) in [5.41, 5.74) is 2.55. The number of aromatic nitrogens is 1. The van der Waals surface area contributed by atoms with Gasteiger partial charge in [0, 0.05) is 45.1 Å². The maximum Gasteiger partial charge on any atom is 0.240 e. The quantitative estimate of drug-likeness (QED) is 0.593. The second kappa shape index (κ2) is 9.77. The van der Waals surface area contributed by atoms with E-state index in [9.17, 15) is 12.8 Å². The van der Waals surface area contributed by atoms with Gasteiger partial charge < -0.3 is 4.90 Å². The topological polar surface area (TPSA) is 65.5 Å². The number of piperazine rings is 1. The van der Waals surface area contributed by atoms with Crippen LogP contribution >= 0.6 is 0 Å². The fourth-order valence-corrected chi connectivity index (χ4v) is 5.04. The molecule has 1 aliphatic heterocycles. The van der Waals surface area contributed by atoms with Gasteiger partial charge in [-0.3, -0.25) is 9.88 Å². The Kier molecular flexibility index (Phi) is 6.83. The van der Waals surface area contributed by atoms with Gasteiger partial charge in [-0.2, -0.15) is 0 Å². The number of hydrogen-bond donors (Lipinski definition) is 1. The molecule has 32 heavy (non-hydrogen) atoms. The van der Waals surface area contributed by atoms with Crippen LogP contribution in [0.5, 0.6) is 0 Å². The number of halogens is 1. The maximum atomic E-state index is 14.2. The van der Waals surface area contributed by atoms with Crippen LogP contribution in [0.15, 0.2) is 78.0 Å². The summed E-state index contributed by atoms with van der Waals surface area (Å²) in [7, 11) is -3.64. The predicted molar refractivity (Wildman–Crippen MR) is 124 cm³/mol. The third-order valence-electron chi connectivity index (χ3n) is 5.82. The highest BCUT2D eigenvalue weighted by Gasteiger charge is 2.27. The van der Waals surface area contributed by atoms with Crippen LogP contribution in [-0.2, 0) is 10.0 Å². The van der Waals surface area contributed by atoms with Gasteiger partial charge in [-0.1, -0.05) is 35.9 Å². The van der Waals surface area contributed by atoms with Gasteiger partial charge in [-0.05, 0) is 42.8 Å². The average molecular weight is 455 g/mol. The zero-order valence-electron chi connectivity index (χ0n) is 18.0.